The van der Waals surface area contributed by atoms with Gasteiger partial charge in [-0.3, -0.25) is 5.10 Å². The van der Waals surface area contributed by atoms with E-state index in [4.69, 9.17) is 5.73 Å². The van der Waals surface area contributed by atoms with Crippen molar-refractivity contribution in [3.63, 3.8) is 0 Å². The average Bonchev–Trinajstić information content (AvgIpc) is 2.48. The van der Waals surface area contributed by atoms with Crippen LogP contribution in [0.4, 0.5) is 0 Å². The molecule has 0 amide bonds. The van der Waals surface area contributed by atoms with Crippen LogP contribution in [0.2, 0.25) is 0 Å². The minimum atomic E-state index is 0.170. The van der Waals surface area contributed by atoms with Crippen molar-refractivity contribution in [1.82, 2.24) is 10.2 Å². The van der Waals surface area contributed by atoms with Crippen LogP contribution in [0.5, 0.6) is 0 Å². The number of nitrogens with one attached hydrogen (secondary N) is 1. The summed E-state index contributed by atoms with van der Waals surface area (Å²) < 4.78 is 0. The predicted octanol–water partition coefficient (Wildman–Crippen LogP) is 1.45. The Labute approximate surface area is 76.9 Å². The van der Waals surface area contributed by atoms with E-state index in [1.165, 1.54) is 5.39 Å². The van der Waals surface area contributed by atoms with Crippen molar-refractivity contribution < 1.29 is 0 Å². The largest absolute Gasteiger partial charge is 0.328 e. The van der Waals surface area contributed by atoms with Gasteiger partial charge in [0.15, 0.2) is 0 Å². The Bertz CT molecular complexity index is 403. The minimum absolute atomic E-state index is 0.170. The lowest BCUT2D eigenvalue weighted by molar-refractivity contribution is 0.722. The van der Waals surface area contributed by atoms with Gasteiger partial charge >= 0.3 is 0 Å². The van der Waals surface area contributed by atoms with E-state index in [-0.39, 0.29) is 6.04 Å². The number of hydrogen-bond donors (Lipinski definition) is 2. The molecule has 1 heterocycles. The maximum absolute atomic E-state index is 5.73. The third-order valence-corrected chi connectivity index (χ3v) is 2.07. The highest BCUT2D eigenvalue weighted by molar-refractivity contribution is 5.81. The molecule has 3 N–H and O–H groups in total. The lowest BCUT2D eigenvalue weighted by Crippen LogP contribution is -2.18. The second kappa shape index (κ2) is 3.18. The molecular weight excluding hydrogens is 162 g/mol. The summed E-state index contributed by atoms with van der Waals surface area (Å²) in [6, 6.07) is 8.23. The Morgan fingerprint density at radius 3 is 3.00 bits per heavy atom. The molecule has 2 aromatic rings. The molecule has 0 aliphatic rings. The van der Waals surface area contributed by atoms with Gasteiger partial charge in [-0.25, -0.2) is 0 Å². The number of para-hydroxylation sites is 1. The topological polar surface area (TPSA) is 54.7 Å². The molecule has 1 unspecified atom stereocenters. The quantitative estimate of drug-likeness (QED) is 0.725. The molecule has 3 heteroatoms. The number of H-pyrrole nitrogens is 1. The van der Waals surface area contributed by atoms with Gasteiger partial charge in [0.05, 0.1) is 5.52 Å². The summed E-state index contributed by atoms with van der Waals surface area (Å²) in [6.07, 6.45) is 0.848. The highest BCUT2D eigenvalue weighted by Gasteiger charge is 2.05. The second-order valence-corrected chi connectivity index (χ2v) is 3.40. The summed E-state index contributed by atoms with van der Waals surface area (Å²) in [5, 5.41) is 8.39. The maximum Gasteiger partial charge on any atom is 0.0923 e. The first-order valence-electron chi connectivity index (χ1n) is 4.45. The smallest absolute Gasteiger partial charge is 0.0923 e. The molecule has 0 aliphatic heterocycles. The third kappa shape index (κ3) is 1.55. The summed E-state index contributed by atoms with van der Waals surface area (Å²) in [5.74, 6) is 0. The summed E-state index contributed by atoms with van der Waals surface area (Å²) >= 11 is 0. The van der Waals surface area contributed by atoms with Crippen LogP contribution in [0, 0.1) is 0 Å². The number of aromatic amines is 1. The molecule has 0 aliphatic carbocycles. The van der Waals surface area contributed by atoms with E-state index in [0.717, 1.165) is 17.6 Å². The van der Waals surface area contributed by atoms with Crippen molar-refractivity contribution >= 4 is 10.9 Å². The lowest BCUT2D eigenvalue weighted by Gasteiger charge is -2.01. The van der Waals surface area contributed by atoms with Crippen molar-refractivity contribution in [2.75, 3.05) is 0 Å². The molecule has 0 saturated carbocycles. The standard InChI is InChI=1S/C10H13N3/c1-7(11)6-10-8-4-2-3-5-9(8)12-13-10/h2-5,7H,6,11H2,1H3,(H,12,13). The van der Waals surface area contributed by atoms with E-state index < -0.39 is 0 Å². The molecule has 0 spiro atoms. The van der Waals surface area contributed by atoms with Crippen LogP contribution in [0.25, 0.3) is 10.9 Å². The first kappa shape index (κ1) is 8.26. The van der Waals surface area contributed by atoms with Crippen LogP contribution in [0.3, 0.4) is 0 Å². The van der Waals surface area contributed by atoms with Crippen LogP contribution in [0.1, 0.15) is 12.6 Å². The van der Waals surface area contributed by atoms with Crippen LogP contribution in [-0.2, 0) is 6.42 Å². The zero-order valence-electron chi connectivity index (χ0n) is 7.62. The molecule has 0 fully saturated rings. The van der Waals surface area contributed by atoms with Gasteiger partial charge < -0.3 is 5.73 Å². The number of nitrogens with zero attached hydrogens (tertiary/aromatic N) is 1. The van der Waals surface area contributed by atoms with Crippen molar-refractivity contribution in [1.29, 1.82) is 0 Å². The lowest BCUT2D eigenvalue weighted by atomic mass is 10.1. The van der Waals surface area contributed by atoms with E-state index in [0.29, 0.717) is 0 Å². The fourth-order valence-corrected chi connectivity index (χ4v) is 1.49. The molecule has 13 heavy (non-hydrogen) atoms. The van der Waals surface area contributed by atoms with Crippen molar-refractivity contribution in [3.8, 4) is 0 Å². The Hall–Kier alpha value is -1.35. The van der Waals surface area contributed by atoms with Gasteiger partial charge in [-0.2, -0.15) is 5.10 Å². The number of aromatic nitrogens is 2. The van der Waals surface area contributed by atoms with E-state index in [9.17, 15) is 0 Å². The van der Waals surface area contributed by atoms with Crippen LogP contribution >= 0.6 is 0 Å². The van der Waals surface area contributed by atoms with Gasteiger partial charge in [0.1, 0.15) is 0 Å². The summed E-state index contributed by atoms with van der Waals surface area (Å²) in [7, 11) is 0. The van der Waals surface area contributed by atoms with Crippen LogP contribution < -0.4 is 5.73 Å². The van der Waals surface area contributed by atoms with Crippen molar-refractivity contribution in [2.24, 2.45) is 5.73 Å². The Morgan fingerprint density at radius 1 is 1.46 bits per heavy atom. The normalized spacial score (nSPS) is 13.4. The van der Waals surface area contributed by atoms with E-state index in [2.05, 4.69) is 16.3 Å². The Kier molecular flexibility index (Phi) is 2.02. The van der Waals surface area contributed by atoms with Gasteiger partial charge in [0.25, 0.3) is 0 Å². The predicted molar refractivity (Wildman–Crippen MR) is 53.4 cm³/mol. The van der Waals surface area contributed by atoms with Gasteiger partial charge in [-0.05, 0) is 13.0 Å². The molecular formula is C10H13N3. The van der Waals surface area contributed by atoms with Crippen molar-refractivity contribution in [3.05, 3.63) is 30.0 Å². The first-order chi connectivity index (χ1) is 6.27. The van der Waals surface area contributed by atoms with Gasteiger partial charge in [-0.1, -0.05) is 18.2 Å². The van der Waals surface area contributed by atoms with Gasteiger partial charge in [-0.15, -0.1) is 0 Å². The van der Waals surface area contributed by atoms with Gasteiger partial charge in [0.2, 0.25) is 0 Å². The molecule has 2 rings (SSSR count). The van der Waals surface area contributed by atoms with E-state index in [1.807, 2.05) is 25.1 Å². The van der Waals surface area contributed by atoms with E-state index in [1.54, 1.807) is 0 Å². The number of nitrogens with two attached hydrogens (primary N) is 1. The highest BCUT2D eigenvalue weighted by atomic mass is 15.1. The number of rotatable bonds is 2. The molecule has 1 aromatic heterocycles. The zero-order valence-corrected chi connectivity index (χ0v) is 7.62. The average molecular weight is 175 g/mol. The fourth-order valence-electron chi connectivity index (χ4n) is 1.49. The summed E-state index contributed by atoms with van der Waals surface area (Å²) in [6.45, 7) is 2.00. The molecule has 0 radical (unpaired) electrons. The van der Waals surface area contributed by atoms with Crippen LogP contribution in [0.15, 0.2) is 24.3 Å². The zero-order chi connectivity index (χ0) is 9.26. The third-order valence-electron chi connectivity index (χ3n) is 2.07. The van der Waals surface area contributed by atoms with Gasteiger partial charge in [0, 0.05) is 23.5 Å². The molecule has 1 aromatic carbocycles. The number of hydrogen-bond acceptors (Lipinski definition) is 2. The highest BCUT2D eigenvalue weighted by Crippen LogP contribution is 2.15. The molecule has 0 bridgehead atoms. The Morgan fingerprint density at radius 2 is 2.23 bits per heavy atom. The van der Waals surface area contributed by atoms with Crippen LogP contribution in [-0.4, -0.2) is 16.2 Å². The number of fused-ring (bicyclic) bond motifs is 1. The van der Waals surface area contributed by atoms with Crippen molar-refractivity contribution in [2.45, 2.75) is 19.4 Å². The second-order valence-electron chi connectivity index (χ2n) is 3.40. The Balaban J connectivity index is 2.46. The number of benzene rings is 1. The summed E-state index contributed by atoms with van der Waals surface area (Å²) in [4.78, 5) is 0. The molecule has 3 nitrogen and oxygen atoms in total. The fraction of sp³-hybridized carbons (Fsp3) is 0.300. The first-order valence-corrected chi connectivity index (χ1v) is 4.45. The molecule has 68 valence electrons. The SMILES string of the molecule is CC(N)Cc1[nH]nc2ccccc12. The van der Waals surface area contributed by atoms with E-state index >= 15 is 0 Å². The molecule has 0 saturated heterocycles. The molecule has 1 atom stereocenters. The maximum atomic E-state index is 5.73. The minimum Gasteiger partial charge on any atom is -0.328 e. The summed E-state index contributed by atoms with van der Waals surface area (Å²) in [5.41, 5.74) is 7.87. The monoisotopic (exact) mass is 175 g/mol.